The first-order valence-corrected chi connectivity index (χ1v) is 4.77. The Morgan fingerprint density at radius 1 is 0.929 bits per heavy atom. The van der Waals surface area contributed by atoms with Crippen molar-refractivity contribution >= 4 is 0 Å². The highest BCUT2D eigenvalue weighted by atomic mass is 16.3. The molecule has 0 spiro atoms. The first-order chi connectivity index (χ1) is 6.54. The number of aliphatic hydroxyl groups excluding tert-OH is 2. The fraction of sp³-hybridized carbons (Fsp3) is 1.00. The third-order valence-corrected chi connectivity index (χ3v) is 1.17. The maximum Gasteiger partial charge on any atom is 0.102 e. The second kappa shape index (κ2) is 12.8. The Kier molecular flexibility index (Phi) is 14.8. The highest BCUT2D eigenvalue weighted by Crippen LogP contribution is 1.65. The number of aliphatic hydroxyl groups is 2. The molecule has 88 valence electrons. The minimum atomic E-state index is -0.427. The van der Waals surface area contributed by atoms with E-state index >= 15 is 0 Å². The van der Waals surface area contributed by atoms with Gasteiger partial charge in [0.25, 0.3) is 0 Å². The summed E-state index contributed by atoms with van der Waals surface area (Å²) in [5.74, 6) is 0. The number of hydrogen-bond acceptors (Lipinski definition) is 6. The van der Waals surface area contributed by atoms with Crippen LogP contribution < -0.4 is 22.1 Å². The molecule has 2 atom stereocenters. The van der Waals surface area contributed by atoms with Crippen molar-refractivity contribution in [2.45, 2.75) is 26.3 Å². The summed E-state index contributed by atoms with van der Waals surface area (Å²) >= 11 is 0. The Morgan fingerprint density at radius 3 is 1.29 bits per heavy atom. The molecule has 6 heteroatoms. The molecule has 14 heavy (non-hydrogen) atoms. The minimum absolute atomic E-state index is 0.427. The van der Waals surface area contributed by atoms with E-state index in [0.717, 1.165) is 0 Å². The third-order valence-electron chi connectivity index (χ3n) is 1.17. The first-order valence-electron chi connectivity index (χ1n) is 4.77. The molecule has 0 aliphatic carbocycles. The lowest BCUT2D eigenvalue weighted by atomic mass is 10.6. The molecule has 2 unspecified atom stereocenters. The van der Waals surface area contributed by atoms with Crippen LogP contribution in [0.3, 0.4) is 0 Å². The highest BCUT2D eigenvalue weighted by molar-refractivity contribution is 4.44. The fourth-order valence-corrected chi connectivity index (χ4v) is 0.584. The Hall–Kier alpha value is -0.240. The van der Waals surface area contributed by atoms with Crippen molar-refractivity contribution in [3.63, 3.8) is 0 Å². The SMILES string of the molecule is CC(O)NCCN.CC(O)NCCN. The smallest absolute Gasteiger partial charge is 0.102 e. The standard InChI is InChI=1S/2C4H12N2O/c2*1-4(7)6-3-2-5/h2*4,6-7H,2-3,5H2,1H3. The van der Waals surface area contributed by atoms with Gasteiger partial charge in [0, 0.05) is 26.2 Å². The Labute approximate surface area is 85.7 Å². The molecule has 0 aliphatic rings. The maximum atomic E-state index is 8.52. The third kappa shape index (κ3) is 22.6. The maximum absolute atomic E-state index is 8.52. The quantitative estimate of drug-likeness (QED) is 0.275. The number of nitrogens with two attached hydrogens (primary N) is 2. The van der Waals surface area contributed by atoms with Gasteiger partial charge in [-0.1, -0.05) is 0 Å². The topological polar surface area (TPSA) is 117 Å². The molecule has 8 N–H and O–H groups in total. The van der Waals surface area contributed by atoms with Gasteiger partial charge in [-0.3, -0.25) is 10.6 Å². The predicted molar refractivity (Wildman–Crippen MR) is 57.5 cm³/mol. The second-order valence-electron chi connectivity index (χ2n) is 2.84. The molecule has 0 aliphatic heterocycles. The largest absolute Gasteiger partial charge is 0.379 e. The van der Waals surface area contributed by atoms with Gasteiger partial charge in [0.1, 0.15) is 12.5 Å². The molecule has 0 bridgehead atoms. The summed E-state index contributed by atoms with van der Waals surface area (Å²) in [6.07, 6.45) is -0.855. The summed E-state index contributed by atoms with van der Waals surface area (Å²) in [6, 6.07) is 0. The van der Waals surface area contributed by atoms with Crippen LogP contribution in [0.1, 0.15) is 13.8 Å². The van der Waals surface area contributed by atoms with Crippen molar-refractivity contribution in [3.05, 3.63) is 0 Å². The van der Waals surface area contributed by atoms with Crippen LogP contribution in [-0.2, 0) is 0 Å². The van der Waals surface area contributed by atoms with Crippen LogP contribution in [0.2, 0.25) is 0 Å². The van der Waals surface area contributed by atoms with Crippen LogP contribution in [-0.4, -0.2) is 48.8 Å². The molecule has 0 aromatic rings. The zero-order valence-electron chi connectivity index (χ0n) is 9.03. The molecule has 0 aromatic carbocycles. The molecule has 0 heterocycles. The van der Waals surface area contributed by atoms with E-state index in [1.807, 2.05) is 0 Å². The van der Waals surface area contributed by atoms with Crippen molar-refractivity contribution in [1.82, 2.24) is 10.6 Å². The van der Waals surface area contributed by atoms with E-state index in [9.17, 15) is 0 Å². The van der Waals surface area contributed by atoms with Crippen LogP contribution in [0.15, 0.2) is 0 Å². The van der Waals surface area contributed by atoms with Crippen LogP contribution in [0.5, 0.6) is 0 Å². The van der Waals surface area contributed by atoms with Gasteiger partial charge in [-0.05, 0) is 13.8 Å². The van der Waals surface area contributed by atoms with E-state index in [4.69, 9.17) is 21.7 Å². The molecule has 0 amide bonds. The summed E-state index contributed by atoms with van der Waals surface area (Å²) in [5, 5.41) is 22.5. The zero-order chi connectivity index (χ0) is 11.4. The van der Waals surface area contributed by atoms with Gasteiger partial charge in [-0.2, -0.15) is 0 Å². The average molecular weight is 208 g/mol. The van der Waals surface area contributed by atoms with E-state index in [1.54, 1.807) is 13.8 Å². The van der Waals surface area contributed by atoms with Crippen LogP contribution >= 0.6 is 0 Å². The lowest BCUT2D eigenvalue weighted by molar-refractivity contribution is 0.158. The van der Waals surface area contributed by atoms with Crippen molar-refractivity contribution in [2.75, 3.05) is 26.2 Å². The van der Waals surface area contributed by atoms with E-state index in [0.29, 0.717) is 26.2 Å². The van der Waals surface area contributed by atoms with Gasteiger partial charge in [0.2, 0.25) is 0 Å². The molecule has 0 saturated heterocycles. The molecule has 0 rings (SSSR count). The van der Waals surface area contributed by atoms with Crippen LogP contribution in [0.4, 0.5) is 0 Å². The molecule has 0 radical (unpaired) electrons. The Balaban J connectivity index is 0. The molecule has 0 saturated carbocycles. The number of nitrogens with one attached hydrogen (secondary N) is 2. The van der Waals surface area contributed by atoms with Gasteiger partial charge in [0.15, 0.2) is 0 Å². The lowest BCUT2D eigenvalue weighted by Gasteiger charge is -2.02. The van der Waals surface area contributed by atoms with Crippen molar-refractivity contribution < 1.29 is 10.2 Å². The van der Waals surface area contributed by atoms with Crippen LogP contribution in [0.25, 0.3) is 0 Å². The monoisotopic (exact) mass is 208 g/mol. The van der Waals surface area contributed by atoms with Crippen molar-refractivity contribution in [1.29, 1.82) is 0 Å². The Morgan fingerprint density at radius 2 is 1.21 bits per heavy atom. The molecule has 0 fully saturated rings. The second-order valence-corrected chi connectivity index (χ2v) is 2.84. The summed E-state index contributed by atoms with van der Waals surface area (Å²) < 4.78 is 0. The Bertz CT molecular complexity index is 89.3. The van der Waals surface area contributed by atoms with Crippen molar-refractivity contribution in [2.24, 2.45) is 11.5 Å². The molecule has 6 nitrogen and oxygen atoms in total. The molecular weight excluding hydrogens is 184 g/mol. The average Bonchev–Trinajstić information content (AvgIpc) is 2.12. The van der Waals surface area contributed by atoms with Gasteiger partial charge < -0.3 is 21.7 Å². The highest BCUT2D eigenvalue weighted by Gasteiger charge is 1.87. The summed E-state index contributed by atoms with van der Waals surface area (Å²) in [4.78, 5) is 0. The van der Waals surface area contributed by atoms with E-state index in [2.05, 4.69) is 10.6 Å². The van der Waals surface area contributed by atoms with Gasteiger partial charge >= 0.3 is 0 Å². The molecule has 0 aromatic heterocycles. The van der Waals surface area contributed by atoms with Crippen LogP contribution in [0, 0.1) is 0 Å². The number of hydrogen-bond donors (Lipinski definition) is 6. The van der Waals surface area contributed by atoms with Gasteiger partial charge in [0.05, 0.1) is 0 Å². The lowest BCUT2D eigenvalue weighted by Crippen LogP contribution is -2.30. The minimum Gasteiger partial charge on any atom is -0.379 e. The van der Waals surface area contributed by atoms with Gasteiger partial charge in [-0.25, -0.2) is 0 Å². The zero-order valence-corrected chi connectivity index (χ0v) is 9.03. The molecular formula is C8H24N4O2. The first kappa shape index (κ1) is 16.2. The fourth-order valence-electron chi connectivity index (χ4n) is 0.584. The van der Waals surface area contributed by atoms with E-state index in [1.165, 1.54) is 0 Å². The van der Waals surface area contributed by atoms with Gasteiger partial charge in [-0.15, -0.1) is 0 Å². The van der Waals surface area contributed by atoms with E-state index in [-0.39, 0.29) is 0 Å². The summed E-state index contributed by atoms with van der Waals surface area (Å²) in [7, 11) is 0. The normalized spacial score (nSPS) is 14.1. The summed E-state index contributed by atoms with van der Waals surface area (Å²) in [6.45, 7) is 5.83. The summed E-state index contributed by atoms with van der Waals surface area (Å²) in [5.41, 5.74) is 10.2. The van der Waals surface area contributed by atoms with E-state index < -0.39 is 12.5 Å². The predicted octanol–water partition coefficient (Wildman–Crippen LogP) is -2.25. The number of rotatable bonds is 6. The van der Waals surface area contributed by atoms with Crippen molar-refractivity contribution in [3.8, 4) is 0 Å².